The Labute approximate surface area is 110 Å². The second-order valence-electron chi connectivity index (χ2n) is 4.04. The normalized spacial score (nSPS) is 10.6. The summed E-state index contributed by atoms with van der Waals surface area (Å²) in [4.78, 5) is 13.4. The summed E-state index contributed by atoms with van der Waals surface area (Å²) in [5, 5.41) is 6.10. The molecule has 2 aromatic heterocycles. The number of aromatic nitrogens is 2. The van der Waals surface area contributed by atoms with Crippen molar-refractivity contribution in [3.63, 3.8) is 0 Å². The van der Waals surface area contributed by atoms with Gasteiger partial charge in [0.15, 0.2) is 11.5 Å². The van der Waals surface area contributed by atoms with Gasteiger partial charge >= 0.3 is 0 Å². The van der Waals surface area contributed by atoms with Crippen LogP contribution in [0, 0.1) is 0 Å². The van der Waals surface area contributed by atoms with E-state index < -0.39 is 0 Å². The summed E-state index contributed by atoms with van der Waals surface area (Å²) in [6.07, 6.45) is 3.90. The third-order valence-corrected chi connectivity index (χ3v) is 3.73. The van der Waals surface area contributed by atoms with Gasteiger partial charge in [-0.05, 0) is 24.3 Å². The fraction of sp³-hybridized carbons (Fsp3) is 0.385. The van der Waals surface area contributed by atoms with Crippen LogP contribution >= 0.6 is 11.3 Å². The van der Waals surface area contributed by atoms with Gasteiger partial charge in [-0.15, -0.1) is 11.3 Å². The minimum atomic E-state index is 0.0865. The molecule has 0 radical (unpaired) electrons. The lowest BCUT2D eigenvalue weighted by Crippen LogP contribution is -2.08. The van der Waals surface area contributed by atoms with Gasteiger partial charge in [-0.25, -0.2) is 0 Å². The second kappa shape index (κ2) is 5.82. The molecule has 2 heterocycles. The highest BCUT2D eigenvalue weighted by Gasteiger charge is 2.16. The van der Waals surface area contributed by atoms with Gasteiger partial charge in [0, 0.05) is 18.3 Å². The predicted molar refractivity (Wildman–Crippen MR) is 71.3 cm³/mol. The number of ether oxygens (including phenoxy) is 1. The molecule has 5 heteroatoms. The largest absolute Gasteiger partial charge is 0.493 e. The average Bonchev–Trinajstić information content (AvgIpc) is 2.98. The zero-order valence-corrected chi connectivity index (χ0v) is 11.4. The lowest BCUT2D eigenvalue weighted by Gasteiger charge is -2.04. The van der Waals surface area contributed by atoms with Crippen LogP contribution in [0.15, 0.2) is 23.7 Å². The predicted octanol–water partition coefficient (Wildman–Crippen LogP) is 2.70. The molecule has 0 unspecified atom stereocenters. The van der Waals surface area contributed by atoms with Gasteiger partial charge < -0.3 is 4.74 Å². The van der Waals surface area contributed by atoms with Crippen LogP contribution in [0.5, 0.6) is 5.75 Å². The molecule has 0 aliphatic rings. The molecule has 96 valence electrons. The maximum absolute atomic E-state index is 12.1. The number of Topliss-reactive ketones (excluding diaryl/α,β-unsaturated/α-hetero) is 1. The van der Waals surface area contributed by atoms with Crippen molar-refractivity contribution in [2.45, 2.75) is 19.3 Å². The van der Waals surface area contributed by atoms with Crippen molar-refractivity contribution in [2.24, 2.45) is 7.05 Å². The number of carbonyl (C=O) groups excluding carboxylic acids is 1. The monoisotopic (exact) mass is 264 g/mol. The summed E-state index contributed by atoms with van der Waals surface area (Å²) in [5.41, 5.74) is 0.559. The Morgan fingerprint density at radius 3 is 3.06 bits per heavy atom. The summed E-state index contributed by atoms with van der Waals surface area (Å²) in [7, 11) is 3.31. The maximum atomic E-state index is 12.1. The molecule has 0 fully saturated rings. The Balaban J connectivity index is 1.93. The lowest BCUT2D eigenvalue weighted by molar-refractivity contribution is 0.0968. The third-order valence-electron chi connectivity index (χ3n) is 2.80. The van der Waals surface area contributed by atoms with Gasteiger partial charge in [-0.3, -0.25) is 9.48 Å². The van der Waals surface area contributed by atoms with E-state index >= 15 is 0 Å². The van der Waals surface area contributed by atoms with Crippen molar-refractivity contribution < 1.29 is 9.53 Å². The molecular formula is C13H16N2O2S. The van der Waals surface area contributed by atoms with Gasteiger partial charge in [0.05, 0.1) is 13.3 Å². The maximum Gasteiger partial charge on any atom is 0.184 e. The van der Waals surface area contributed by atoms with Crippen LogP contribution in [-0.2, 0) is 13.5 Å². The van der Waals surface area contributed by atoms with Gasteiger partial charge in [-0.1, -0.05) is 6.07 Å². The SMILES string of the molecule is COc1cnn(C)c1C(=O)CCCc1cccs1. The quantitative estimate of drug-likeness (QED) is 0.753. The molecule has 0 amide bonds. The number of thiophene rings is 1. The highest BCUT2D eigenvalue weighted by atomic mass is 32.1. The third kappa shape index (κ3) is 2.79. The molecule has 0 atom stereocenters. The van der Waals surface area contributed by atoms with Crippen LogP contribution < -0.4 is 4.74 Å². The van der Waals surface area contributed by atoms with Crippen molar-refractivity contribution >= 4 is 17.1 Å². The molecule has 4 nitrogen and oxygen atoms in total. The van der Waals surface area contributed by atoms with Crippen molar-refractivity contribution in [3.05, 3.63) is 34.3 Å². The zero-order valence-electron chi connectivity index (χ0n) is 10.5. The zero-order chi connectivity index (χ0) is 13.0. The first-order valence-corrected chi connectivity index (χ1v) is 6.72. The van der Waals surface area contributed by atoms with E-state index in [1.807, 2.05) is 6.07 Å². The first-order valence-electron chi connectivity index (χ1n) is 5.84. The van der Waals surface area contributed by atoms with Crippen LogP contribution in [0.2, 0.25) is 0 Å². The number of carbonyl (C=O) groups is 1. The van der Waals surface area contributed by atoms with Crippen molar-refractivity contribution in [1.82, 2.24) is 9.78 Å². The smallest absolute Gasteiger partial charge is 0.184 e. The standard InChI is InChI=1S/C13H16N2O2S/c1-15-13(12(17-2)9-14-15)11(16)7-3-5-10-6-4-8-18-10/h4,6,8-9H,3,5,7H2,1-2H3. The Hall–Kier alpha value is -1.62. The van der Waals surface area contributed by atoms with Crippen molar-refractivity contribution in [2.75, 3.05) is 7.11 Å². The van der Waals surface area contributed by atoms with Crippen LogP contribution in [0.4, 0.5) is 0 Å². The van der Waals surface area contributed by atoms with Crippen LogP contribution in [-0.4, -0.2) is 22.7 Å². The van der Waals surface area contributed by atoms with E-state index in [4.69, 9.17) is 4.74 Å². The molecule has 0 saturated carbocycles. The Kier molecular flexibility index (Phi) is 4.15. The van der Waals surface area contributed by atoms with Gasteiger partial charge in [0.2, 0.25) is 0 Å². The fourth-order valence-corrected chi connectivity index (χ4v) is 2.63. The second-order valence-corrected chi connectivity index (χ2v) is 5.07. The van der Waals surface area contributed by atoms with Crippen LogP contribution in [0.1, 0.15) is 28.2 Å². The summed E-state index contributed by atoms with van der Waals surface area (Å²) in [5.74, 6) is 0.641. The number of nitrogens with zero attached hydrogens (tertiary/aromatic N) is 2. The average molecular weight is 264 g/mol. The topological polar surface area (TPSA) is 44.1 Å². The molecule has 0 aliphatic heterocycles. The highest BCUT2D eigenvalue weighted by molar-refractivity contribution is 7.09. The summed E-state index contributed by atoms with van der Waals surface area (Å²) < 4.78 is 6.71. The molecule has 0 aliphatic carbocycles. The van der Waals surface area contributed by atoms with E-state index in [1.165, 1.54) is 4.88 Å². The molecule has 0 aromatic carbocycles. The van der Waals surface area contributed by atoms with E-state index in [-0.39, 0.29) is 5.78 Å². The number of methoxy groups -OCH3 is 1. The molecule has 0 N–H and O–H groups in total. The van der Waals surface area contributed by atoms with Crippen molar-refractivity contribution in [1.29, 1.82) is 0 Å². The first kappa shape index (κ1) is 12.8. The number of ketones is 1. The minimum Gasteiger partial charge on any atom is -0.493 e. The molecule has 2 aromatic rings. The lowest BCUT2D eigenvalue weighted by atomic mass is 10.1. The number of hydrogen-bond acceptors (Lipinski definition) is 4. The molecular weight excluding hydrogens is 248 g/mol. The Morgan fingerprint density at radius 1 is 1.56 bits per heavy atom. The Bertz CT molecular complexity index is 517. The van der Waals surface area contributed by atoms with Crippen LogP contribution in [0.25, 0.3) is 0 Å². The first-order chi connectivity index (χ1) is 8.72. The summed E-state index contributed by atoms with van der Waals surface area (Å²) >= 11 is 1.73. The molecule has 18 heavy (non-hydrogen) atoms. The van der Waals surface area contributed by atoms with Gasteiger partial charge in [0.1, 0.15) is 5.69 Å². The number of rotatable bonds is 6. The summed E-state index contributed by atoms with van der Waals surface area (Å²) in [6.45, 7) is 0. The highest BCUT2D eigenvalue weighted by Crippen LogP contribution is 2.20. The van der Waals surface area contributed by atoms with E-state index in [9.17, 15) is 4.79 Å². The molecule has 2 rings (SSSR count). The molecule has 0 spiro atoms. The van der Waals surface area contributed by atoms with Crippen LogP contribution in [0.3, 0.4) is 0 Å². The van der Waals surface area contributed by atoms with Crippen molar-refractivity contribution in [3.8, 4) is 5.75 Å². The minimum absolute atomic E-state index is 0.0865. The van der Waals surface area contributed by atoms with E-state index in [2.05, 4.69) is 16.5 Å². The van der Waals surface area contributed by atoms with Gasteiger partial charge in [-0.2, -0.15) is 5.10 Å². The van der Waals surface area contributed by atoms with E-state index in [1.54, 1.807) is 36.4 Å². The Morgan fingerprint density at radius 2 is 2.39 bits per heavy atom. The number of hydrogen-bond donors (Lipinski definition) is 0. The van der Waals surface area contributed by atoms with Gasteiger partial charge in [0.25, 0.3) is 0 Å². The van der Waals surface area contributed by atoms with E-state index in [0.717, 1.165) is 12.8 Å². The fourth-order valence-electron chi connectivity index (χ4n) is 1.88. The molecule has 0 bridgehead atoms. The van der Waals surface area contributed by atoms with E-state index in [0.29, 0.717) is 17.9 Å². The summed E-state index contributed by atoms with van der Waals surface area (Å²) in [6, 6.07) is 4.13. The molecule has 0 saturated heterocycles. The number of aryl methyl sites for hydroxylation is 2.